The van der Waals surface area contributed by atoms with Gasteiger partial charge in [0.1, 0.15) is 17.7 Å². The summed E-state index contributed by atoms with van der Waals surface area (Å²) in [4.78, 5) is 4.22. The molecule has 3 atom stereocenters. The molecule has 2 heterocycles. The number of halogens is 1. The number of hydrogen-bond donors (Lipinski definition) is 1. The second kappa shape index (κ2) is 7.43. The fraction of sp³-hybridized carbons (Fsp3) is 0.471. The van der Waals surface area contributed by atoms with Crippen molar-refractivity contribution >= 4 is 10.2 Å². The molecule has 0 saturated carbocycles. The molecule has 0 radical (unpaired) electrons. The van der Waals surface area contributed by atoms with Gasteiger partial charge < -0.3 is 9.30 Å². The normalized spacial score (nSPS) is 23.1. The Kier molecular flexibility index (Phi) is 5.42. The molecule has 1 aliphatic heterocycles. The van der Waals surface area contributed by atoms with Crippen molar-refractivity contribution in [3.63, 3.8) is 0 Å². The van der Waals surface area contributed by atoms with Crippen LogP contribution in [0.1, 0.15) is 31.3 Å². The van der Waals surface area contributed by atoms with Crippen LogP contribution in [-0.2, 0) is 22.0 Å². The Bertz CT molecular complexity index is 860. The molecule has 3 unspecified atom stereocenters. The van der Waals surface area contributed by atoms with Gasteiger partial charge in [0.15, 0.2) is 0 Å². The highest BCUT2D eigenvalue weighted by Gasteiger charge is 2.34. The zero-order chi connectivity index (χ0) is 18.9. The van der Waals surface area contributed by atoms with Gasteiger partial charge in [0.2, 0.25) is 0 Å². The molecule has 0 aliphatic carbocycles. The van der Waals surface area contributed by atoms with Gasteiger partial charge in [0, 0.05) is 38.1 Å². The summed E-state index contributed by atoms with van der Waals surface area (Å²) in [6.07, 6.45) is 2.82. The maximum Gasteiger partial charge on any atom is 0.280 e. The van der Waals surface area contributed by atoms with Gasteiger partial charge in [-0.3, -0.25) is 0 Å². The Morgan fingerprint density at radius 3 is 2.50 bits per heavy atom. The number of ether oxygens (including phenoxy) is 1. The number of aryl methyl sites for hydroxylation is 1. The van der Waals surface area contributed by atoms with Gasteiger partial charge in [-0.25, -0.2) is 9.37 Å². The summed E-state index contributed by atoms with van der Waals surface area (Å²) in [6, 6.07) is 5.16. The zero-order valence-electron chi connectivity index (χ0n) is 15.0. The zero-order valence-corrected chi connectivity index (χ0v) is 15.8. The van der Waals surface area contributed by atoms with Crippen LogP contribution in [0.4, 0.5) is 4.39 Å². The average Bonchev–Trinajstić information content (AvgIpc) is 2.98. The van der Waals surface area contributed by atoms with Crippen molar-refractivity contribution in [1.29, 1.82) is 0 Å². The van der Waals surface area contributed by atoms with E-state index < -0.39 is 22.1 Å². The second-order valence-corrected chi connectivity index (χ2v) is 8.25. The van der Waals surface area contributed by atoms with Crippen molar-refractivity contribution < 1.29 is 17.5 Å². The number of rotatable bonds is 5. The van der Waals surface area contributed by atoms with E-state index in [2.05, 4.69) is 9.71 Å². The highest BCUT2D eigenvalue weighted by molar-refractivity contribution is 7.87. The van der Waals surface area contributed by atoms with Gasteiger partial charge in [-0.1, -0.05) is 18.2 Å². The fourth-order valence-corrected chi connectivity index (χ4v) is 4.66. The van der Waals surface area contributed by atoms with E-state index in [1.54, 1.807) is 42.2 Å². The van der Waals surface area contributed by atoms with Gasteiger partial charge in [-0.15, -0.1) is 0 Å². The lowest BCUT2D eigenvalue weighted by Crippen LogP contribution is -2.52. The molecule has 1 saturated heterocycles. The van der Waals surface area contributed by atoms with E-state index in [9.17, 15) is 12.8 Å². The minimum absolute atomic E-state index is 0.213. The van der Waals surface area contributed by atoms with Crippen LogP contribution in [0.5, 0.6) is 0 Å². The number of aromatic nitrogens is 2. The SMILES string of the molecule is CC1CN(S(=O)(=O)NC(c2ccccc2F)c2nccn2C)CC(C)O1. The minimum atomic E-state index is -3.87. The lowest BCUT2D eigenvalue weighted by molar-refractivity contribution is -0.0444. The van der Waals surface area contributed by atoms with Crippen LogP contribution in [0.3, 0.4) is 0 Å². The number of hydrogen-bond acceptors (Lipinski definition) is 4. The van der Waals surface area contributed by atoms with Crippen LogP contribution in [0.25, 0.3) is 0 Å². The summed E-state index contributed by atoms with van der Waals surface area (Å²) >= 11 is 0. The molecule has 0 bridgehead atoms. The van der Waals surface area contributed by atoms with Crippen LogP contribution < -0.4 is 4.72 Å². The van der Waals surface area contributed by atoms with Crippen LogP contribution in [0, 0.1) is 5.82 Å². The second-order valence-electron chi connectivity index (χ2n) is 6.55. The highest BCUT2D eigenvalue weighted by atomic mass is 32.2. The third-order valence-corrected chi connectivity index (χ3v) is 5.84. The summed E-state index contributed by atoms with van der Waals surface area (Å²) in [5.74, 6) is -0.0834. The molecule has 1 N–H and O–H groups in total. The number of imidazole rings is 1. The number of morpholine rings is 1. The number of benzene rings is 1. The molecule has 3 rings (SSSR count). The van der Waals surface area contributed by atoms with Crippen molar-refractivity contribution in [2.75, 3.05) is 13.1 Å². The van der Waals surface area contributed by atoms with Crippen molar-refractivity contribution in [3.05, 3.63) is 53.9 Å². The van der Waals surface area contributed by atoms with Gasteiger partial charge in [-0.2, -0.15) is 17.4 Å². The predicted octanol–water partition coefficient (Wildman–Crippen LogP) is 1.59. The van der Waals surface area contributed by atoms with E-state index in [1.165, 1.54) is 10.4 Å². The Hall–Kier alpha value is -1.81. The van der Waals surface area contributed by atoms with Gasteiger partial charge in [0.05, 0.1) is 12.2 Å². The summed E-state index contributed by atoms with van der Waals surface area (Å²) in [5, 5.41) is 0. The van der Waals surface area contributed by atoms with Crippen LogP contribution in [0.2, 0.25) is 0 Å². The minimum Gasteiger partial charge on any atom is -0.373 e. The standard InChI is InChI=1S/C17H23FN4O3S/c1-12-10-22(11-13(2)25-12)26(23,24)20-16(17-19-8-9-21(17)3)14-6-4-5-7-15(14)18/h4-9,12-13,16,20H,10-11H2,1-3H3. The summed E-state index contributed by atoms with van der Waals surface area (Å²) in [7, 11) is -2.13. The largest absolute Gasteiger partial charge is 0.373 e. The van der Waals surface area contributed by atoms with E-state index in [0.717, 1.165) is 0 Å². The number of nitrogens with zero attached hydrogens (tertiary/aromatic N) is 3. The van der Waals surface area contributed by atoms with Crippen LogP contribution >= 0.6 is 0 Å². The van der Waals surface area contributed by atoms with Crippen LogP contribution in [-0.4, -0.2) is 47.6 Å². The first-order valence-corrected chi connectivity index (χ1v) is 9.86. The van der Waals surface area contributed by atoms with Gasteiger partial charge in [0.25, 0.3) is 10.2 Å². The third kappa shape index (κ3) is 3.96. The molecule has 2 aromatic rings. The third-order valence-electron chi connectivity index (χ3n) is 4.33. The molecule has 9 heteroatoms. The van der Waals surface area contributed by atoms with E-state index in [4.69, 9.17) is 4.74 Å². The van der Waals surface area contributed by atoms with E-state index in [1.807, 2.05) is 13.8 Å². The van der Waals surface area contributed by atoms with Crippen molar-refractivity contribution in [2.45, 2.75) is 32.1 Å². The summed E-state index contributed by atoms with van der Waals surface area (Å²) in [5.41, 5.74) is 0.222. The Labute approximate surface area is 153 Å². The monoisotopic (exact) mass is 382 g/mol. The molecular formula is C17H23FN4O3S. The maximum absolute atomic E-state index is 14.4. The topological polar surface area (TPSA) is 76.5 Å². The van der Waals surface area contributed by atoms with Gasteiger partial charge in [-0.05, 0) is 19.9 Å². The number of nitrogens with one attached hydrogen (secondary N) is 1. The Morgan fingerprint density at radius 2 is 1.92 bits per heavy atom. The summed E-state index contributed by atoms with van der Waals surface area (Å²) < 4.78 is 51.6. The molecule has 142 valence electrons. The maximum atomic E-state index is 14.4. The fourth-order valence-electron chi connectivity index (χ4n) is 3.17. The molecule has 1 aromatic carbocycles. The Balaban J connectivity index is 1.96. The Morgan fingerprint density at radius 1 is 1.27 bits per heavy atom. The molecule has 1 aromatic heterocycles. The van der Waals surface area contributed by atoms with E-state index >= 15 is 0 Å². The van der Waals surface area contributed by atoms with E-state index in [0.29, 0.717) is 5.82 Å². The first-order valence-electron chi connectivity index (χ1n) is 8.42. The van der Waals surface area contributed by atoms with Gasteiger partial charge >= 0.3 is 0 Å². The smallest absolute Gasteiger partial charge is 0.280 e. The van der Waals surface area contributed by atoms with Crippen molar-refractivity contribution in [3.8, 4) is 0 Å². The quantitative estimate of drug-likeness (QED) is 0.852. The lowest BCUT2D eigenvalue weighted by Gasteiger charge is -2.35. The molecular weight excluding hydrogens is 359 g/mol. The molecule has 7 nitrogen and oxygen atoms in total. The molecule has 1 fully saturated rings. The van der Waals surface area contributed by atoms with E-state index in [-0.39, 0.29) is 30.9 Å². The summed E-state index contributed by atoms with van der Waals surface area (Å²) in [6.45, 7) is 4.13. The molecule has 1 aliphatic rings. The van der Waals surface area contributed by atoms with Crippen molar-refractivity contribution in [2.24, 2.45) is 7.05 Å². The van der Waals surface area contributed by atoms with Crippen LogP contribution in [0.15, 0.2) is 36.7 Å². The molecule has 0 amide bonds. The first kappa shape index (κ1) is 19.0. The lowest BCUT2D eigenvalue weighted by atomic mass is 10.1. The predicted molar refractivity (Wildman–Crippen MR) is 95.1 cm³/mol. The highest BCUT2D eigenvalue weighted by Crippen LogP contribution is 2.25. The molecule has 26 heavy (non-hydrogen) atoms. The first-order chi connectivity index (χ1) is 12.3. The average molecular weight is 382 g/mol. The molecule has 0 spiro atoms. The van der Waals surface area contributed by atoms with Crippen molar-refractivity contribution in [1.82, 2.24) is 18.6 Å².